The number of hydrogen-bond donors (Lipinski definition) is 1. The van der Waals surface area contributed by atoms with Gasteiger partial charge in [-0.25, -0.2) is 4.39 Å². The van der Waals surface area contributed by atoms with Crippen LogP contribution in [0.15, 0.2) is 18.2 Å². The molecule has 0 aliphatic carbocycles. The van der Waals surface area contributed by atoms with E-state index < -0.39 is 5.82 Å². The van der Waals surface area contributed by atoms with Gasteiger partial charge in [-0.15, -0.1) is 0 Å². The topological polar surface area (TPSA) is 49.4 Å². The van der Waals surface area contributed by atoms with Gasteiger partial charge in [-0.05, 0) is 50.8 Å². The first kappa shape index (κ1) is 16.2. The molecule has 2 aliphatic rings. The SMILES string of the molecule is CC1(C)C(=O)NC1C1CCN(C(=O)c2ccc(F)cc2Cl)CC1. The minimum Gasteiger partial charge on any atom is -0.351 e. The minimum atomic E-state index is -0.451. The van der Waals surface area contributed by atoms with E-state index in [0.29, 0.717) is 24.6 Å². The maximum Gasteiger partial charge on any atom is 0.255 e. The van der Waals surface area contributed by atoms with Crippen molar-refractivity contribution in [2.75, 3.05) is 13.1 Å². The third kappa shape index (κ3) is 2.82. The molecule has 23 heavy (non-hydrogen) atoms. The summed E-state index contributed by atoms with van der Waals surface area (Å²) in [6.07, 6.45) is 1.69. The van der Waals surface area contributed by atoms with Crippen molar-refractivity contribution >= 4 is 23.4 Å². The lowest BCUT2D eigenvalue weighted by Gasteiger charge is -2.50. The van der Waals surface area contributed by atoms with Crippen LogP contribution in [0.4, 0.5) is 4.39 Å². The molecule has 2 fully saturated rings. The predicted molar refractivity (Wildman–Crippen MR) is 85.7 cm³/mol. The van der Waals surface area contributed by atoms with Crippen molar-refractivity contribution in [2.24, 2.45) is 11.3 Å². The summed E-state index contributed by atoms with van der Waals surface area (Å²) in [5.41, 5.74) is 0.0145. The molecule has 1 unspecified atom stereocenters. The smallest absolute Gasteiger partial charge is 0.255 e. The van der Waals surface area contributed by atoms with Crippen LogP contribution in [0.5, 0.6) is 0 Å². The Labute approximate surface area is 140 Å². The second-order valence-electron chi connectivity index (χ2n) is 6.93. The lowest BCUT2D eigenvalue weighted by Crippen LogP contribution is -2.68. The highest BCUT2D eigenvalue weighted by atomic mass is 35.5. The molecule has 0 saturated carbocycles. The summed E-state index contributed by atoms with van der Waals surface area (Å²) in [5.74, 6) is -0.131. The first-order chi connectivity index (χ1) is 10.8. The van der Waals surface area contributed by atoms with Crippen LogP contribution in [-0.4, -0.2) is 35.8 Å². The minimum absolute atomic E-state index is 0.0964. The maximum atomic E-state index is 13.1. The molecule has 2 saturated heterocycles. The van der Waals surface area contributed by atoms with Gasteiger partial charge in [0.15, 0.2) is 0 Å². The Balaban J connectivity index is 1.63. The molecule has 0 radical (unpaired) electrons. The van der Waals surface area contributed by atoms with Crippen molar-refractivity contribution in [1.82, 2.24) is 10.2 Å². The van der Waals surface area contributed by atoms with Crippen LogP contribution in [0.25, 0.3) is 0 Å². The molecule has 0 aromatic heterocycles. The van der Waals surface area contributed by atoms with Crippen molar-refractivity contribution in [3.8, 4) is 0 Å². The van der Waals surface area contributed by atoms with E-state index in [1.807, 2.05) is 13.8 Å². The number of piperidine rings is 1. The van der Waals surface area contributed by atoms with Crippen molar-refractivity contribution in [3.63, 3.8) is 0 Å². The van der Waals surface area contributed by atoms with Gasteiger partial charge in [0.2, 0.25) is 5.91 Å². The fourth-order valence-electron chi connectivity index (χ4n) is 3.55. The summed E-state index contributed by atoms with van der Waals surface area (Å²) in [5, 5.41) is 3.13. The molecule has 2 heterocycles. The van der Waals surface area contributed by atoms with Crippen molar-refractivity contribution in [3.05, 3.63) is 34.6 Å². The molecular weight excluding hydrogens is 319 g/mol. The Hall–Kier alpha value is -1.62. The molecule has 6 heteroatoms. The normalized spacial score (nSPS) is 24.1. The second kappa shape index (κ2) is 5.78. The van der Waals surface area contributed by atoms with Crippen LogP contribution in [0, 0.1) is 17.2 Å². The van der Waals surface area contributed by atoms with E-state index in [1.54, 1.807) is 4.90 Å². The Morgan fingerprint density at radius 1 is 1.35 bits per heavy atom. The van der Waals surface area contributed by atoms with Gasteiger partial charge in [0.1, 0.15) is 5.82 Å². The number of rotatable bonds is 2. The number of hydrogen-bond acceptors (Lipinski definition) is 2. The van der Waals surface area contributed by atoms with Crippen molar-refractivity contribution < 1.29 is 14.0 Å². The third-order valence-corrected chi connectivity index (χ3v) is 5.42. The molecule has 124 valence electrons. The molecule has 1 atom stereocenters. The molecule has 1 aromatic carbocycles. The quantitative estimate of drug-likeness (QED) is 0.843. The summed E-state index contributed by atoms with van der Waals surface area (Å²) in [4.78, 5) is 25.9. The summed E-state index contributed by atoms with van der Waals surface area (Å²) in [6.45, 7) is 5.18. The molecule has 3 rings (SSSR count). The molecule has 2 aliphatic heterocycles. The number of likely N-dealkylation sites (tertiary alicyclic amines) is 1. The van der Waals surface area contributed by atoms with Crippen LogP contribution >= 0.6 is 11.6 Å². The Bertz CT molecular complexity index is 654. The summed E-state index contributed by atoms with van der Waals surface area (Å²) in [6, 6.07) is 4.02. The number of nitrogens with one attached hydrogen (secondary N) is 1. The average Bonchev–Trinajstić information content (AvgIpc) is 2.52. The van der Waals surface area contributed by atoms with Crippen LogP contribution in [0.3, 0.4) is 0 Å². The molecule has 1 aromatic rings. The predicted octanol–water partition coefficient (Wildman–Crippen LogP) is 2.86. The van der Waals surface area contributed by atoms with Gasteiger partial charge in [0.25, 0.3) is 5.91 Å². The van der Waals surface area contributed by atoms with Crippen molar-refractivity contribution in [1.29, 1.82) is 0 Å². The van der Waals surface area contributed by atoms with Crippen molar-refractivity contribution in [2.45, 2.75) is 32.7 Å². The zero-order chi connectivity index (χ0) is 16.8. The second-order valence-corrected chi connectivity index (χ2v) is 7.33. The van der Waals surface area contributed by atoms with E-state index >= 15 is 0 Å². The highest BCUT2D eigenvalue weighted by Crippen LogP contribution is 2.38. The van der Waals surface area contributed by atoms with E-state index in [0.717, 1.165) is 18.9 Å². The lowest BCUT2D eigenvalue weighted by molar-refractivity contribution is -0.146. The highest BCUT2D eigenvalue weighted by Gasteiger charge is 2.51. The molecule has 1 N–H and O–H groups in total. The summed E-state index contributed by atoms with van der Waals surface area (Å²) < 4.78 is 13.1. The van der Waals surface area contributed by atoms with E-state index in [2.05, 4.69) is 5.32 Å². The van der Waals surface area contributed by atoms with Gasteiger partial charge in [0.05, 0.1) is 16.0 Å². The number of amides is 2. The Morgan fingerprint density at radius 3 is 2.52 bits per heavy atom. The van der Waals surface area contributed by atoms with Gasteiger partial charge < -0.3 is 10.2 Å². The monoisotopic (exact) mass is 338 g/mol. The lowest BCUT2D eigenvalue weighted by atomic mass is 9.68. The average molecular weight is 339 g/mol. The number of carbonyl (C=O) groups is 2. The molecule has 0 spiro atoms. The number of benzene rings is 1. The van der Waals surface area contributed by atoms with Crippen LogP contribution in [0.1, 0.15) is 37.0 Å². The van der Waals surface area contributed by atoms with Gasteiger partial charge in [-0.3, -0.25) is 9.59 Å². The highest BCUT2D eigenvalue weighted by molar-refractivity contribution is 6.33. The van der Waals surface area contributed by atoms with Gasteiger partial charge >= 0.3 is 0 Å². The van der Waals surface area contributed by atoms with Gasteiger partial charge in [-0.1, -0.05) is 11.6 Å². The van der Waals surface area contributed by atoms with Crippen LogP contribution in [0.2, 0.25) is 5.02 Å². The van der Waals surface area contributed by atoms with Crippen LogP contribution in [-0.2, 0) is 4.79 Å². The standard InChI is InChI=1S/C17H20ClFN2O2/c1-17(2)14(20-16(17)23)10-5-7-21(8-6-10)15(22)12-4-3-11(19)9-13(12)18/h3-4,9-10,14H,5-8H2,1-2H3,(H,20,23). The zero-order valence-electron chi connectivity index (χ0n) is 13.2. The first-order valence-corrected chi connectivity index (χ1v) is 8.24. The number of β-lactam (4-membered cyclic amide) rings is 1. The summed E-state index contributed by atoms with van der Waals surface area (Å²) in [7, 11) is 0. The third-order valence-electron chi connectivity index (χ3n) is 5.11. The first-order valence-electron chi connectivity index (χ1n) is 7.86. The molecule has 0 bridgehead atoms. The molecule has 4 nitrogen and oxygen atoms in total. The fraction of sp³-hybridized carbons (Fsp3) is 0.529. The fourth-order valence-corrected chi connectivity index (χ4v) is 3.80. The molecular formula is C17H20ClFN2O2. The number of nitrogens with zero attached hydrogens (tertiary/aromatic N) is 1. The number of carbonyl (C=O) groups excluding carboxylic acids is 2. The molecule has 2 amide bonds. The largest absolute Gasteiger partial charge is 0.351 e. The zero-order valence-corrected chi connectivity index (χ0v) is 14.0. The number of halogens is 2. The maximum absolute atomic E-state index is 13.1. The Kier molecular flexibility index (Phi) is 4.08. The van der Waals surface area contributed by atoms with Crippen LogP contribution < -0.4 is 5.32 Å². The van der Waals surface area contributed by atoms with E-state index in [1.165, 1.54) is 12.1 Å². The van der Waals surface area contributed by atoms with E-state index in [9.17, 15) is 14.0 Å². The van der Waals surface area contributed by atoms with E-state index in [-0.39, 0.29) is 28.3 Å². The van der Waals surface area contributed by atoms with Gasteiger partial charge in [-0.2, -0.15) is 0 Å². The summed E-state index contributed by atoms with van der Waals surface area (Å²) >= 11 is 5.97. The van der Waals surface area contributed by atoms with Gasteiger partial charge in [0, 0.05) is 19.1 Å². The Morgan fingerprint density at radius 2 is 2.00 bits per heavy atom. The van der Waals surface area contributed by atoms with E-state index in [4.69, 9.17) is 11.6 Å².